The van der Waals surface area contributed by atoms with Gasteiger partial charge in [-0.25, -0.2) is 0 Å². The van der Waals surface area contributed by atoms with Gasteiger partial charge in [0, 0.05) is 5.92 Å². The third-order valence-electron chi connectivity index (χ3n) is 2.38. The minimum absolute atomic E-state index is 0.0413. The quantitative estimate of drug-likeness (QED) is 0.523. The number of carbonyl (C=O) groups excluding carboxylic acids is 1. The van der Waals surface area contributed by atoms with Gasteiger partial charge in [0.2, 0.25) is 0 Å². The Bertz CT molecular complexity index is 173. The highest BCUT2D eigenvalue weighted by atomic mass is 35.5. The summed E-state index contributed by atoms with van der Waals surface area (Å²) in [4.78, 5) is 10.9. The number of hydrogen-bond donors (Lipinski definition) is 0. The molecule has 1 rings (SSSR count). The zero-order valence-corrected chi connectivity index (χ0v) is 8.92. The van der Waals surface area contributed by atoms with Crippen LogP contribution in [-0.2, 0) is 4.79 Å². The van der Waals surface area contributed by atoms with Crippen molar-refractivity contribution in [3.63, 3.8) is 0 Å². The first-order valence-electron chi connectivity index (χ1n) is 4.13. The van der Waals surface area contributed by atoms with Crippen molar-refractivity contribution in [3.8, 4) is 0 Å². The van der Waals surface area contributed by atoms with Crippen LogP contribution in [0.4, 0.5) is 0 Å². The number of carbonyl (C=O) groups is 1. The fourth-order valence-corrected chi connectivity index (χ4v) is 2.22. The zero-order chi connectivity index (χ0) is 9.19. The van der Waals surface area contributed by atoms with Crippen molar-refractivity contribution < 1.29 is 4.79 Å². The highest BCUT2D eigenvalue weighted by Crippen LogP contribution is 2.41. The lowest BCUT2D eigenvalue weighted by atomic mass is 9.87. The summed E-state index contributed by atoms with van der Waals surface area (Å²) >= 11 is 17.0. The molecule has 0 bridgehead atoms. The number of halogens is 3. The van der Waals surface area contributed by atoms with Gasteiger partial charge in [-0.3, -0.25) is 4.79 Å². The first-order valence-corrected chi connectivity index (χ1v) is 5.26. The van der Waals surface area contributed by atoms with Crippen molar-refractivity contribution in [2.24, 2.45) is 5.92 Å². The van der Waals surface area contributed by atoms with Crippen LogP contribution in [0.3, 0.4) is 0 Å². The average molecular weight is 230 g/mol. The number of rotatable bonds is 2. The summed E-state index contributed by atoms with van der Waals surface area (Å²) in [6, 6.07) is 0. The molecule has 0 aromatic rings. The molecule has 0 unspecified atom stereocenters. The van der Waals surface area contributed by atoms with Gasteiger partial charge < -0.3 is 0 Å². The number of alkyl halides is 2. The lowest BCUT2D eigenvalue weighted by Gasteiger charge is -2.29. The summed E-state index contributed by atoms with van der Waals surface area (Å²) < 4.78 is -1.36. The van der Waals surface area contributed by atoms with Crippen molar-refractivity contribution in [1.82, 2.24) is 0 Å². The molecule has 0 atom stereocenters. The SMILES string of the molecule is O=C(Cl)C(Cl)(Cl)C1CCCCC1. The van der Waals surface area contributed by atoms with E-state index in [-0.39, 0.29) is 5.92 Å². The summed E-state index contributed by atoms with van der Waals surface area (Å²) in [6.07, 6.45) is 5.21. The van der Waals surface area contributed by atoms with Crippen LogP contribution in [0.1, 0.15) is 32.1 Å². The van der Waals surface area contributed by atoms with E-state index in [0.29, 0.717) is 0 Å². The molecule has 0 saturated heterocycles. The van der Waals surface area contributed by atoms with Crippen molar-refractivity contribution in [1.29, 1.82) is 0 Å². The van der Waals surface area contributed by atoms with Gasteiger partial charge in [-0.2, -0.15) is 0 Å². The smallest absolute Gasteiger partial charge is 0.258 e. The molecule has 1 saturated carbocycles. The monoisotopic (exact) mass is 228 g/mol. The third kappa shape index (κ3) is 2.27. The maximum atomic E-state index is 10.9. The van der Waals surface area contributed by atoms with Crippen LogP contribution in [0.15, 0.2) is 0 Å². The summed E-state index contributed by atoms with van der Waals surface area (Å²) in [6.45, 7) is 0. The minimum Gasteiger partial charge on any atom is -0.278 e. The van der Waals surface area contributed by atoms with E-state index in [1.807, 2.05) is 0 Å². The van der Waals surface area contributed by atoms with Crippen LogP contribution in [0.25, 0.3) is 0 Å². The van der Waals surface area contributed by atoms with Gasteiger partial charge in [0.1, 0.15) is 0 Å². The molecule has 0 spiro atoms. The standard InChI is InChI=1S/C8H11Cl3O/c9-7(12)8(10,11)6-4-2-1-3-5-6/h6H,1-5H2. The normalized spacial score (nSPS) is 20.9. The second kappa shape index (κ2) is 4.17. The van der Waals surface area contributed by atoms with E-state index >= 15 is 0 Å². The predicted octanol–water partition coefficient (Wildman–Crippen LogP) is 3.51. The van der Waals surface area contributed by atoms with E-state index < -0.39 is 9.58 Å². The summed E-state index contributed by atoms with van der Waals surface area (Å²) in [5.74, 6) is 0.0413. The Labute approximate surface area is 87.4 Å². The van der Waals surface area contributed by atoms with Crippen molar-refractivity contribution in [2.75, 3.05) is 0 Å². The van der Waals surface area contributed by atoms with E-state index in [1.165, 1.54) is 6.42 Å². The van der Waals surface area contributed by atoms with E-state index in [1.54, 1.807) is 0 Å². The van der Waals surface area contributed by atoms with Crippen LogP contribution in [0, 0.1) is 5.92 Å². The molecule has 1 aliphatic carbocycles. The van der Waals surface area contributed by atoms with Crippen molar-refractivity contribution in [3.05, 3.63) is 0 Å². The molecule has 0 aliphatic heterocycles. The van der Waals surface area contributed by atoms with Crippen LogP contribution in [-0.4, -0.2) is 9.58 Å². The predicted molar refractivity (Wildman–Crippen MR) is 51.9 cm³/mol. The molecular formula is C8H11Cl3O. The summed E-state index contributed by atoms with van der Waals surface area (Å²) in [7, 11) is 0. The Morgan fingerprint density at radius 1 is 1.17 bits per heavy atom. The fourth-order valence-electron chi connectivity index (χ4n) is 1.63. The van der Waals surface area contributed by atoms with Gasteiger partial charge in [-0.1, -0.05) is 42.5 Å². The molecule has 1 aliphatic rings. The van der Waals surface area contributed by atoms with E-state index in [9.17, 15) is 4.79 Å². The van der Waals surface area contributed by atoms with Gasteiger partial charge in [0.25, 0.3) is 5.24 Å². The molecule has 0 N–H and O–H groups in total. The highest BCUT2D eigenvalue weighted by molar-refractivity contribution is 6.78. The Hall–Kier alpha value is 0.540. The molecule has 4 heteroatoms. The maximum Gasteiger partial charge on any atom is 0.258 e. The third-order valence-corrected chi connectivity index (χ3v) is 3.83. The van der Waals surface area contributed by atoms with Crippen LogP contribution in [0.5, 0.6) is 0 Å². The molecule has 70 valence electrons. The molecule has 0 aromatic heterocycles. The van der Waals surface area contributed by atoms with Crippen LogP contribution < -0.4 is 0 Å². The van der Waals surface area contributed by atoms with Crippen LogP contribution in [0.2, 0.25) is 0 Å². The van der Waals surface area contributed by atoms with Gasteiger partial charge in [-0.15, -0.1) is 0 Å². The highest BCUT2D eigenvalue weighted by Gasteiger charge is 2.41. The molecule has 1 nitrogen and oxygen atoms in total. The molecule has 0 radical (unpaired) electrons. The molecule has 12 heavy (non-hydrogen) atoms. The topological polar surface area (TPSA) is 17.1 Å². The lowest BCUT2D eigenvalue weighted by molar-refractivity contribution is -0.113. The van der Waals surface area contributed by atoms with E-state index in [0.717, 1.165) is 25.7 Å². The second-order valence-electron chi connectivity index (χ2n) is 3.23. The van der Waals surface area contributed by atoms with Gasteiger partial charge in [0.15, 0.2) is 4.33 Å². The Balaban J connectivity index is 2.59. The Morgan fingerprint density at radius 3 is 2.08 bits per heavy atom. The largest absolute Gasteiger partial charge is 0.278 e. The van der Waals surface area contributed by atoms with Crippen molar-refractivity contribution in [2.45, 2.75) is 36.4 Å². The van der Waals surface area contributed by atoms with Gasteiger partial charge in [-0.05, 0) is 24.4 Å². The molecule has 0 amide bonds. The molecular weight excluding hydrogens is 218 g/mol. The maximum absolute atomic E-state index is 10.9. The van der Waals surface area contributed by atoms with Gasteiger partial charge in [0.05, 0.1) is 0 Å². The molecule has 0 heterocycles. The lowest BCUT2D eigenvalue weighted by Crippen LogP contribution is -2.33. The Kier molecular flexibility index (Phi) is 3.69. The van der Waals surface area contributed by atoms with Crippen molar-refractivity contribution >= 4 is 40.0 Å². The summed E-state index contributed by atoms with van der Waals surface area (Å²) in [5, 5.41) is -0.641. The van der Waals surface area contributed by atoms with Crippen LogP contribution >= 0.6 is 34.8 Å². The summed E-state index contributed by atoms with van der Waals surface area (Å²) in [5.41, 5.74) is 0. The fraction of sp³-hybridized carbons (Fsp3) is 0.875. The average Bonchev–Trinajstić information content (AvgIpc) is 2.06. The first kappa shape index (κ1) is 10.6. The minimum atomic E-state index is -1.36. The zero-order valence-electron chi connectivity index (χ0n) is 6.66. The Morgan fingerprint density at radius 2 is 1.67 bits per heavy atom. The second-order valence-corrected chi connectivity index (χ2v) is 4.96. The number of hydrogen-bond acceptors (Lipinski definition) is 1. The van der Waals surface area contributed by atoms with E-state index in [2.05, 4.69) is 0 Å². The molecule has 0 aromatic carbocycles. The molecule has 1 fully saturated rings. The first-order chi connectivity index (χ1) is 5.55. The van der Waals surface area contributed by atoms with E-state index in [4.69, 9.17) is 34.8 Å². The van der Waals surface area contributed by atoms with Gasteiger partial charge >= 0.3 is 0 Å².